The topological polar surface area (TPSA) is 56.2 Å². The summed E-state index contributed by atoms with van der Waals surface area (Å²) in [6.45, 7) is 5.03. The van der Waals surface area contributed by atoms with Crippen molar-refractivity contribution in [3.63, 3.8) is 0 Å². The van der Waals surface area contributed by atoms with Crippen LogP contribution in [0.2, 0.25) is 0 Å². The number of halogens is 2. The molecule has 4 nitrogen and oxygen atoms in total. The Morgan fingerprint density at radius 2 is 2.08 bits per heavy atom. The fraction of sp³-hybridized carbons (Fsp3) is 0.474. The van der Waals surface area contributed by atoms with Gasteiger partial charge in [-0.1, -0.05) is 32.9 Å². The van der Waals surface area contributed by atoms with Crippen molar-refractivity contribution in [3.05, 3.63) is 46.3 Å². The number of benzene rings is 1. The molecule has 2 N–H and O–H groups in total. The summed E-state index contributed by atoms with van der Waals surface area (Å²) >= 11 is 0. The van der Waals surface area contributed by atoms with Crippen molar-refractivity contribution in [2.45, 2.75) is 51.9 Å². The number of rotatable bonds is 4. The number of aromatic nitrogens is 2. The molecular formula is C19H24F2N4. The fourth-order valence-electron chi connectivity index (χ4n) is 4.08. The lowest BCUT2D eigenvalue weighted by Gasteiger charge is -2.18. The summed E-state index contributed by atoms with van der Waals surface area (Å²) < 4.78 is 28.0. The SMILES string of the molecule is C[C@@H]1CC(C)(C)c2cccc(N=C(N)c3c(CF)nn(C)c3CF)c21. The van der Waals surface area contributed by atoms with Gasteiger partial charge in [0.2, 0.25) is 0 Å². The van der Waals surface area contributed by atoms with Crippen molar-refractivity contribution >= 4 is 11.5 Å². The highest BCUT2D eigenvalue weighted by Gasteiger charge is 2.36. The number of nitrogens with zero attached hydrogens (tertiary/aromatic N) is 3. The molecule has 0 saturated heterocycles. The van der Waals surface area contributed by atoms with Gasteiger partial charge in [0.15, 0.2) is 0 Å². The Kier molecular flexibility index (Phi) is 4.39. The van der Waals surface area contributed by atoms with E-state index in [1.165, 1.54) is 15.8 Å². The Morgan fingerprint density at radius 3 is 2.72 bits per heavy atom. The molecule has 0 spiro atoms. The second-order valence-corrected chi connectivity index (χ2v) is 7.38. The first-order valence-corrected chi connectivity index (χ1v) is 8.44. The van der Waals surface area contributed by atoms with Crippen LogP contribution in [0, 0.1) is 0 Å². The summed E-state index contributed by atoms with van der Waals surface area (Å²) in [6.07, 6.45) is 1.03. The van der Waals surface area contributed by atoms with Crippen LogP contribution in [0.4, 0.5) is 14.5 Å². The molecule has 1 aromatic heterocycles. The zero-order chi connectivity index (χ0) is 18.4. The Hall–Kier alpha value is -2.24. The van der Waals surface area contributed by atoms with Crippen LogP contribution < -0.4 is 5.73 Å². The monoisotopic (exact) mass is 346 g/mol. The highest BCUT2D eigenvalue weighted by Crippen LogP contribution is 2.49. The van der Waals surface area contributed by atoms with Crippen LogP contribution in [0.15, 0.2) is 23.2 Å². The zero-order valence-corrected chi connectivity index (χ0v) is 15.1. The number of hydrogen-bond acceptors (Lipinski definition) is 2. The second-order valence-electron chi connectivity index (χ2n) is 7.38. The van der Waals surface area contributed by atoms with E-state index >= 15 is 0 Å². The van der Waals surface area contributed by atoms with Crippen LogP contribution in [0.25, 0.3) is 0 Å². The van der Waals surface area contributed by atoms with E-state index in [0.29, 0.717) is 5.92 Å². The summed E-state index contributed by atoms with van der Waals surface area (Å²) in [6, 6.07) is 5.99. The van der Waals surface area contributed by atoms with E-state index in [9.17, 15) is 8.78 Å². The highest BCUT2D eigenvalue weighted by atomic mass is 19.1. The first kappa shape index (κ1) is 17.6. The number of nitrogens with two attached hydrogens (primary N) is 1. The van der Waals surface area contributed by atoms with Crippen molar-refractivity contribution in [2.24, 2.45) is 17.8 Å². The van der Waals surface area contributed by atoms with Crippen molar-refractivity contribution in [1.29, 1.82) is 0 Å². The van der Waals surface area contributed by atoms with Gasteiger partial charge in [-0.25, -0.2) is 13.8 Å². The standard InChI is InChI=1S/C19H24F2N4/c1-11-8-19(2,3)12-6-5-7-13(16(11)12)23-18(22)17-14(9-20)24-25(4)15(17)10-21/h5-7,11H,8-10H2,1-4H3,(H2,22,23)/t11-/m1/s1. The number of hydrogen-bond donors (Lipinski definition) is 1. The lowest BCUT2D eigenvalue weighted by molar-refractivity contribution is 0.454. The maximum absolute atomic E-state index is 13.4. The number of fused-ring (bicyclic) bond motifs is 1. The first-order chi connectivity index (χ1) is 11.8. The van der Waals surface area contributed by atoms with Gasteiger partial charge < -0.3 is 5.73 Å². The van der Waals surface area contributed by atoms with Crippen LogP contribution in [0.1, 0.15) is 61.2 Å². The van der Waals surface area contributed by atoms with Gasteiger partial charge in [0.25, 0.3) is 0 Å². The molecule has 1 aliphatic carbocycles. The number of aryl methyl sites for hydroxylation is 1. The molecule has 1 aromatic carbocycles. The highest BCUT2D eigenvalue weighted by molar-refractivity contribution is 6.01. The molecule has 0 bridgehead atoms. The normalized spacial score (nSPS) is 19.3. The average molecular weight is 346 g/mol. The molecule has 0 fully saturated rings. The van der Waals surface area contributed by atoms with Crippen molar-refractivity contribution in [3.8, 4) is 0 Å². The van der Waals surface area contributed by atoms with Crippen molar-refractivity contribution in [2.75, 3.05) is 0 Å². The van der Waals surface area contributed by atoms with Gasteiger partial charge in [0.1, 0.15) is 24.9 Å². The van der Waals surface area contributed by atoms with E-state index in [2.05, 4.69) is 36.9 Å². The quantitative estimate of drug-likeness (QED) is 0.667. The van der Waals surface area contributed by atoms with Crippen LogP contribution in [0.3, 0.4) is 0 Å². The summed E-state index contributed by atoms with van der Waals surface area (Å²) in [5, 5.41) is 4.01. The lowest BCUT2D eigenvalue weighted by Crippen LogP contribution is -2.17. The predicted octanol–water partition coefficient (Wildman–Crippen LogP) is 4.18. The van der Waals surface area contributed by atoms with Gasteiger partial charge in [0.05, 0.1) is 16.9 Å². The number of alkyl halides is 2. The smallest absolute Gasteiger partial charge is 0.135 e. The molecule has 3 rings (SSSR count). The lowest BCUT2D eigenvalue weighted by atomic mass is 9.86. The molecule has 0 radical (unpaired) electrons. The van der Waals surface area contributed by atoms with Gasteiger partial charge in [-0.15, -0.1) is 0 Å². The van der Waals surface area contributed by atoms with Gasteiger partial charge in [-0.3, -0.25) is 4.68 Å². The maximum Gasteiger partial charge on any atom is 0.135 e. The summed E-state index contributed by atoms with van der Waals surface area (Å²) in [7, 11) is 1.58. The average Bonchev–Trinajstić information content (AvgIpc) is 3.01. The predicted molar refractivity (Wildman–Crippen MR) is 95.7 cm³/mol. The van der Waals surface area contributed by atoms with E-state index < -0.39 is 13.3 Å². The molecule has 1 heterocycles. The van der Waals surface area contributed by atoms with E-state index in [-0.39, 0.29) is 28.2 Å². The van der Waals surface area contributed by atoms with E-state index in [1.54, 1.807) is 7.05 Å². The van der Waals surface area contributed by atoms with Crippen LogP contribution in [-0.4, -0.2) is 15.6 Å². The van der Waals surface area contributed by atoms with Gasteiger partial charge >= 0.3 is 0 Å². The second kappa shape index (κ2) is 6.24. The molecule has 25 heavy (non-hydrogen) atoms. The molecule has 0 unspecified atom stereocenters. The molecule has 1 atom stereocenters. The summed E-state index contributed by atoms with van der Waals surface area (Å²) in [5.41, 5.74) is 10.1. The fourth-order valence-corrected chi connectivity index (χ4v) is 4.08. The Labute approximate surface area is 146 Å². The maximum atomic E-state index is 13.4. The number of aliphatic imine (C=N–C) groups is 1. The molecular weight excluding hydrogens is 322 g/mol. The van der Waals surface area contributed by atoms with Crippen molar-refractivity contribution in [1.82, 2.24) is 9.78 Å². The molecule has 6 heteroatoms. The van der Waals surface area contributed by atoms with Crippen LogP contribution >= 0.6 is 0 Å². The first-order valence-electron chi connectivity index (χ1n) is 8.44. The molecule has 1 aliphatic rings. The molecule has 0 aliphatic heterocycles. The van der Waals surface area contributed by atoms with Crippen LogP contribution in [0.5, 0.6) is 0 Å². The zero-order valence-electron chi connectivity index (χ0n) is 15.1. The molecule has 134 valence electrons. The van der Waals surface area contributed by atoms with Crippen LogP contribution in [-0.2, 0) is 25.8 Å². The molecule has 0 amide bonds. The molecule has 0 saturated carbocycles. The van der Waals surface area contributed by atoms with Gasteiger partial charge in [-0.05, 0) is 34.9 Å². The van der Waals surface area contributed by atoms with Gasteiger partial charge in [0, 0.05) is 7.05 Å². The Morgan fingerprint density at radius 1 is 1.36 bits per heavy atom. The number of amidine groups is 1. The third-order valence-corrected chi connectivity index (χ3v) is 5.11. The Balaban J connectivity index is 2.14. The van der Waals surface area contributed by atoms with Gasteiger partial charge in [-0.2, -0.15) is 5.10 Å². The minimum Gasteiger partial charge on any atom is -0.383 e. The van der Waals surface area contributed by atoms with E-state index in [0.717, 1.165) is 12.1 Å². The van der Waals surface area contributed by atoms with Crippen molar-refractivity contribution < 1.29 is 8.78 Å². The molecule has 2 aromatic rings. The summed E-state index contributed by atoms with van der Waals surface area (Å²) in [5.74, 6) is 0.464. The Bertz CT molecular complexity index is 836. The summed E-state index contributed by atoms with van der Waals surface area (Å²) in [4.78, 5) is 4.56. The van der Waals surface area contributed by atoms with E-state index in [1.807, 2.05) is 12.1 Å². The third kappa shape index (κ3) is 2.83. The largest absolute Gasteiger partial charge is 0.383 e. The minimum atomic E-state index is -0.810. The van der Waals surface area contributed by atoms with E-state index in [4.69, 9.17) is 5.73 Å². The third-order valence-electron chi connectivity index (χ3n) is 5.11. The minimum absolute atomic E-state index is 0.0809.